The highest BCUT2D eigenvalue weighted by molar-refractivity contribution is 5.48. The van der Waals surface area contributed by atoms with Gasteiger partial charge in [0.2, 0.25) is 0 Å². The van der Waals surface area contributed by atoms with Crippen LogP contribution >= 0.6 is 0 Å². The quantitative estimate of drug-likeness (QED) is 0.628. The van der Waals surface area contributed by atoms with Crippen molar-refractivity contribution in [1.29, 1.82) is 0 Å². The summed E-state index contributed by atoms with van der Waals surface area (Å²) in [5.74, 6) is 0.0292. The van der Waals surface area contributed by atoms with Crippen molar-refractivity contribution >= 4 is 5.69 Å². The smallest absolute Gasteiger partial charge is 0.310 e. The second-order valence-electron chi connectivity index (χ2n) is 4.45. The molecule has 0 spiro atoms. The van der Waals surface area contributed by atoms with E-state index in [1.807, 2.05) is 6.07 Å². The molecule has 21 heavy (non-hydrogen) atoms. The summed E-state index contributed by atoms with van der Waals surface area (Å²) in [6, 6.07) is 13.0. The first-order chi connectivity index (χ1) is 10.1. The van der Waals surface area contributed by atoms with Gasteiger partial charge in [0.15, 0.2) is 5.75 Å². The zero-order valence-corrected chi connectivity index (χ0v) is 11.2. The number of hydrogen-bond donors (Lipinski definition) is 2. The number of nitrogens with zero attached hydrogens (tertiary/aromatic N) is 1. The van der Waals surface area contributed by atoms with E-state index in [0.29, 0.717) is 11.1 Å². The molecule has 0 bridgehead atoms. The van der Waals surface area contributed by atoms with E-state index in [-0.39, 0.29) is 24.7 Å². The molecule has 6 nitrogen and oxygen atoms in total. The van der Waals surface area contributed by atoms with E-state index in [1.165, 1.54) is 18.2 Å². The van der Waals surface area contributed by atoms with Gasteiger partial charge < -0.3 is 14.9 Å². The van der Waals surface area contributed by atoms with Crippen LogP contribution in [0.3, 0.4) is 0 Å². The number of aliphatic hydroxyl groups is 2. The fourth-order valence-corrected chi connectivity index (χ4v) is 1.86. The molecule has 0 heterocycles. The molecule has 2 rings (SSSR count). The predicted molar refractivity (Wildman–Crippen MR) is 75.9 cm³/mol. The van der Waals surface area contributed by atoms with Crippen molar-refractivity contribution in [1.82, 2.24) is 0 Å². The summed E-state index contributed by atoms with van der Waals surface area (Å²) in [6.45, 7) is -0.352. The van der Waals surface area contributed by atoms with E-state index in [9.17, 15) is 15.2 Å². The molecule has 0 fully saturated rings. The molecule has 0 aromatic heterocycles. The average Bonchev–Trinajstić information content (AvgIpc) is 2.52. The van der Waals surface area contributed by atoms with E-state index in [0.717, 1.165) is 0 Å². The number of rotatable bonds is 6. The van der Waals surface area contributed by atoms with Crippen LogP contribution in [0, 0.1) is 10.1 Å². The zero-order chi connectivity index (χ0) is 15.2. The highest BCUT2D eigenvalue weighted by Crippen LogP contribution is 2.29. The highest BCUT2D eigenvalue weighted by atomic mass is 16.6. The van der Waals surface area contributed by atoms with Crippen molar-refractivity contribution in [2.75, 3.05) is 6.61 Å². The first kappa shape index (κ1) is 15.0. The molecule has 1 atom stereocenters. The fourth-order valence-electron chi connectivity index (χ4n) is 1.86. The Balaban J connectivity index is 2.13. The van der Waals surface area contributed by atoms with Crippen molar-refractivity contribution in [3.05, 3.63) is 69.8 Å². The lowest BCUT2D eigenvalue weighted by Crippen LogP contribution is -2.10. The van der Waals surface area contributed by atoms with Gasteiger partial charge in [-0.25, -0.2) is 0 Å². The molecule has 0 amide bonds. The molecular weight excluding hydrogens is 274 g/mol. The van der Waals surface area contributed by atoms with Gasteiger partial charge in [-0.3, -0.25) is 10.1 Å². The number of ether oxygens (including phenoxy) is 1. The monoisotopic (exact) mass is 289 g/mol. The van der Waals surface area contributed by atoms with Crippen molar-refractivity contribution in [3.8, 4) is 5.75 Å². The van der Waals surface area contributed by atoms with Crippen LogP contribution in [0.15, 0.2) is 48.5 Å². The average molecular weight is 289 g/mol. The third-order valence-electron chi connectivity index (χ3n) is 2.98. The number of aliphatic hydroxyl groups excluding tert-OH is 2. The third kappa shape index (κ3) is 3.77. The molecule has 110 valence electrons. The molecule has 0 aliphatic carbocycles. The summed E-state index contributed by atoms with van der Waals surface area (Å²) in [6.07, 6.45) is -0.886. The Labute approximate surface area is 121 Å². The second-order valence-corrected chi connectivity index (χ2v) is 4.45. The number of hydrogen-bond acceptors (Lipinski definition) is 5. The SMILES string of the molecule is O=[N+]([O-])c1ccc(CO)cc1OCC(O)c1ccccc1. The topological polar surface area (TPSA) is 92.8 Å². The normalized spacial score (nSPS) is 11.9. The van der Waals surface area contributed by atoms with Gasteiger partial charge >= 0.3 is 5.69 Å². The number of nitro groups is 1. The van der Waals surface area contributed by atoms with Gasteiger partial charge in [0.1, 0.15) is 12.7 Å². The maximum absolute atomic E-state index is 10.9. The molecule has 0 saturated heterocycles. The zero-order valence-electron chi connectivity index (χ0n) is 11.2. The molecule has 2 aromatic rings. The lowest BCUT2D eigenvalue weighted by atomic mass is 10.1. The number of benzene rings is 2. The van der Waals surface area contributed by atoms with Crippen LogP contribution in [0.25, 0.3) is 0 Å². The van der Waals surface area contributed by atoms with Crippen molar-refractivity contribution in [2.45, 2.75) is 12.7 Å². The Hall–Kier alpha value is -2.44. The maximum Gasteiger partial charge on any atom is 0.310 e. The number of nitro benzene ring substituents is 1. The van der Waals surface area contributed by atoms with Gasteiger partial charge in [-0.15, -0.1) is 0 Å². The van der Waals surface area contributed by atoms with Crippen LogP contribution in [0.1, 0.15) is 17.2 Å². The van der Waals surface area contributed by atoms with Crippen LogP contribution in [0.2, 0.25) is 0 Å². The van der Waals surface area contributed by atoms with Gasteiger partial charge in [-0.2, -0.15) is 0 Å². The van der Waals surface area contributed by atoms with Crippen LogP contribution in [-0.4, -0.2) is 21.7 Å². The molecule has 1 unspecified atom stereocenters. The molecule has 0 saturated carbocycles. The van der Waals surface area contributed by atoms with E-state index >= 15 is 0 Å². The van der Waals surface area contributed by atoms with Gasteiger partial charge in [-0.05, 0) is 23.3 Å². The van der Waals surface area contributed by atoms with Crippen molar-refractivity contribution in [3.63, 3.8) is 0 Å². The summed E-state index contributed by atoms with van der Waals surface area (Å²) in [4.78, 5) is 10.4. The predicted octanol–water partition coefficient (Wildman–Crippen LogP) is 2.20. The molecule has 6 heteroatoms. The molecule has 0 aliphatic heterocycles. The second kappa shape index (κ2) is 6.83. The van der Waals surface area contributed by atoms with Gasteiger partial charge in [0, 0.05) is 6.07 Å². The lowest BCUT2D eigenvalue weighted by Gasteiger charge is -2.13. The van der Waals surface area contributed by atoms with Gasteiger partial charge in [0.05, 0.1) is 11.5 Å². The fraction of sp³-hybridized carbons (Fsp3) is 0.200. The summed E-state index contributed by atoms with van der Waals surface area (Å²) < 4.78 is 5.35. The molecular formula is C15H15NO5. The third-order valence-corrected chi connectivity index (χ3v) is 2.98. The Morgan fingerprint density at radius 2 is 1.90 bits per heavy atom. The first-order valence-electron chi connectivity index (χ1n) is 6.36. The molecule has 0 aliphatic rings. The highest BCUT2D eigenvalue weighted by Gasteiger charge is 2.17. The minimum absolute atomic E-state index is 0.0292. The summed E-state index contributed by atoms with van der Waals surface area (Å²) >= 11 is 0. The molecule has 2 aromatic carbocycles. The van der Waals surface area contributed by atoms with Crippen LogP contribution in [0.4, 0.5) is 5.69 Å². The van der Waals surface area contributed by atoms with Crippen LogP contribution < -0.4 is 4.74 Å². The Morgan fingerprint density at radius 3 is 2.52 bits per heavy atom. The largest absolute Gasteiger partial charge is 0.484 e. The standard InChI is InChI=1S/C15H15NO5/c17-9-11-6-7-13(16(19)20)15(8-11)21-10-14(18)12-4-2-1-3-5-12/h1-8,14,17-18H,9-10H2. The molecule has 2 N–H and O–H groups in total. The minimum Gasteiger partial charge on any atom is -0.484 e. The summed E-state index contributed by atoms with van der Waals surface area (Å²) in [5.41, 5.74) is 0.968. The van der Waals surface area contributed by atoms with E-state index < -0.39 is 11.0 Å². The van der Waals surface area contributed by atoms with E-state index in [4.69, 9.17) is 9.84 Å². The molecule has 0 radical (unpaired) electrons. The summed E-state index contributed by atoms with van der Waals surface area (Å²) in [7, 11) is 0. The van der Waals surface area contributed by atoms with Crippen LogP contribution in [0.5, 0.6) is 5.75 Å². The van der Waals surface area contributed by atoms with Crippen molar-refractivity contribution < 1.29 is 19.9 Å². The minimum atomic E-state index is -0.886. The van der Waals surface area contributed by atoms with Crippen LogP contribution in [-0.2, 0) is 6.61 Å². The van der Waals surface area contributed by atoms with Crippen molar-refractivity contribution in [2.24, 2.45) is 0 Å². The van der Waals surface area contributed by atoms with Gasteiger partial charge in [-0.1, -0.05) is 30.3 Å². The lowest BCUT2D eigenvalue weighted by molar-refractivity contribution is -0.386. The Bertz CT molecular complexity index is 615. The van der Waals surface area contributed by atoms with E-state index in [1.54, 1.807) is 24.3 Å². The Morgan fingerprint density at radius 1 is 1.19 bits per heavy atom. The van der Waals surface area contributed by atoms with E-state index in [2.05, 4.69) is 0 Å². The Kier molecular flexibility index (Phi) is 4.86. The maximum atomic E-state index is 10.9. The first-order valence-corrected chi connectivity index (χ1v) is 6.36. The van der Waals surface area contributed by atoms with Gasteiger partial charge in [0.25, 0.3) is 0 Å². The summed E-state index contributed by atoms with van der Waals surface area (Å²) in [5, 5.41) is 30.0.